The minimum Gasteiger partial charge on any atom is -0.484 e. The number of Topliss-reactive ketones (excluding diaryl/α,β-unsaturated/α-hetero) is 1. The van der Waals surface area contributed by atoms with Gasteiger partial charge in [0.2, 0.25) is 0 Å². The van der Waals surface area contributed by atoms with Gasteiger partial charge in [0.25, 0.3) is 5.91 Å². The quantitative estimate of drug-likeness (QED) is 0.706. The first kappa shape index (κ1) is 18.0. The van der Waals surface area contributed by atoms with Crippen LogP contribution < -0.4 is 10.1 Å². The number of carbonyl (C=O) groups excluding carboxylic acids is 2. The molecule has 1 heterocycles. The second-order valence-electron chi connectivity index (χ2n) is 7.91. The average Bonchev–Trinajstić information content (AvgIpc) is 2.99. The highest BCUT2D eigenvalue weighted by Crippen LogP contribution is 2.69. The summed E-state index contributed by atoms with van der Waals surface area (Å²) in [6.45, 7) is 1.76. The number of aryl methyl sites for hydroxylation is 1. The van der Waals surface area contributed by atoms with Crippen molar-refractivity contribution in [3.8, 4) is 5.75 Å². The molecule has 5 rings (SSSR count). The van der Waals surface area contributed by atoms with Crippen LogP contribution >= 0.6 is 11.6 Å². The number of aromatic amines is 1. The molecule has 3 saturated carbocycles. The molecule has 3 aliphatic carbocycles. The number of rotatable bonds is 7. The molecule has 0 aliphatic heterocycles. The molecular formula is C20H20ClFN2O3. The molecule has 0 atom stereocenters. The van der Waals surface area contributed by atoms with E-state index < -0.39 is 5.82 Å². The summed E-state index contributed by atoms with van der Waals surface area (Å²) < 4.78 is 18.7. The van der Waals surface area contributed by atoms with Gasteiger partial charge in [0.05, 0.1) is 10.7 Å². The highest BCUT2D eigenvalue weighted by Gasteiger charge is 2.68. The normalized spacial score (nSPS) is 25.3. The van der Waals surface area contributed by atoms with Gasteiger partial charge in [-0.05, 0) is 55.4 Å². The van der Waals surface area contributed by atoms with Crippen LogP contribution in [0.4, 0.5) is 4.39 Å². The fraction of sp³-hybridized carbons (Fsp3) is 0.400. The summed E-state index contributed by atoms with van der Waals surface area (Å²) in [5.41, 5.74) is 1.50. The summed E-state index contributed by atoms with van der Waals surface area (Å²) in [7, 11) is 0. The smallest absolute Gasteiger partial charge is 0.258 e. The zero-order valence-corrected chi connectivity index (χ0v) is 15.7. The second kappa shape index (κ2) is 6.37. The van der Waals surface area contributed by atoms with E-state index in [1.54, 1.807) is 0 Å². The summed E-state index contributed by atoms with van der Waals surface area (Å²) in [5.74, 6) is -0.452. The summed E-state index contributed by atoms with van der Waals surface area (Å²) in [6, 6.07) is 5.92. The maximum Gasteiger partial charge on any atom is 0.258 e. The van der Waals surface area contributed by atoms with Crippen LogP contribution in [0.25, 0.3) is 0 Å². The van der Waals surface area contributed by atoms with Crippen LogP contribution in [-0.4, -0.2) is 28.8 Å². The van der Waals surface area contributed by atoms with Crippen LogP contribution in [0.2, 0.25) is 5.02 Å². The molecule has 5 nitrogen and oxygen atoms in total. The Bertz CT molecular complexity index is 904. The third-order valence-electron chi connectivity index (χ3n) is 5.47. The summed E-state index contributed by atoms with van der Waals surface area (Å²) >= 11 is 5.62. The zero-order valence-electron chi connectivity index (χ0n) is 14.9. The fourth-order valence-electron chi connectivity index (χ4n) is 4.46. The Hall–Kier alpha value is -2.34. The number of aromatic nitrogens is 1. The molecule has 3 aliphatic rings. The Labute approximate surface area is 161 Å². The molecule has 27 heavy (non-hydrogen) atoms. The first-order valence-corrected chi connectivity index (χ1v) is 9.23. The van der Waals surface area contributed by atoms with Gasteiger partial charge >= 0.3 is 0 Å². The highest BCUT2D eigenvalue weighted by atomic mass is 35.5. The van der Waals surface area contributed by atoms with E-state index in [0.717, 1.165) is 30.9 Å². The van der Waals surface area contributed by atoms with Gasteiger partial charge in [-0.3, -0.25) is 9.59 Å². The lowest BCUT2D eigenvalue weighted by Gasteiger charge is -2.70. The monoisotopic (exact) mass is 390 g/mol. The maximum absolute atomic E-state index is 13.4. The number of hydrogen-bond donors (Lipinski definition) is 2. The largest absolute Gasteiger partial charge is 0.484 e. The van der Waals surface area contributed by atoms with Crippen LogP contribution in [0, 0.1) is 18.2 Å². The number of H-pyrrole nitrogens is 1. The van der Waals surface area contributed by atoms with Crippen molar-refractivity contribution in [1.82, 2.24) is 10.3 Å². The Balaban J connectivity index is 1.23. The van der Waals surface area contributed by atoms with E-state index in [9.17, 15) is 14.0 Å². The molecule has 1 aromatic carbocycles. The van der Waals surface area contributed by atoms with E-state index in [-0.39, 0.29) is 40.0 Å². The van der Waals surface area contributed by atoms with E-state index in [1.165, 1.54) is 12.1 Å². The molecule has 0 spiro atoms. The molecule has 2 aromatic rings. The number of ether oxygens (including phenoxy) is 1. The number of carbonyl (C=O) groups is 2. The van der Waals surface area contributed by atoms with Crippen molar-refractivity contribution in [2.24, 2.45) is 5.41 Å². The molecule has 2 bridgehead atoms. The van der Waals surface area contributed by atoms with Gasteiger partial charge < -0.3 is 15.0 Å². The number of ketones is 1. The number of hydrogen-bond acceptors (Lipinski definition) is 3. The molecule has 2 N–H and O–H groups in total. The van der Waals surface area contributed by atoms with Crippen molar-refractivity contribution < 1.29 is 18.7 Å². The molecular weight excluding hydrogens is 371 g/mol. The number of benzene rings is 1. The van der Waals surface area contributed by atoms with Crippen molar-refractivity contribution in [2.75, 3.05) is 6.61 Å². The lowest BCUT2D eigenvalue weighted by atomic mass is 9.38. The molecule has 1 amide bonds. The minimum absolute atomic E-state index is 0.00928. The van der Waals surface area contributed by atoms with Crippen molar-refractivity contribution in [2.45, 2.75) is 38.1 Å². The Kier molecular flexibility index (Phi) is 4.26. The number of halogens is 2. The van der Waals surface area contributed by atoms with Gasteiger partial charge in [0.1, 0.15) is 11.6 Å². The lowest BCUT2D eigenvalue weighted by Crippen LogP contribution is -2.75. The van der Waals surface area contributed by atoms with E-state index in [1.807, 2.05) is 19.2 Å². The number of nitrogens with one attached hydrogen (secondary N) is 2. The molecule has 142 valence electrons. The predicted molar refractivity (Wildman–Crippen MR) is 98.5 cm³/mol. The van der Waals surface area contributed by atoms with Crippen molar-refractivity contribution in [1.29, 1.82) is 0 Å². The fourth-order valence-corrected chi connectivity index (χ4v) is 4.58. The summed E-state index contributed by atoms with van der Waals surface area (Å²) in [5, 5.41) is 3.00. The Morgan fingerprint density at radius 3 is 2.67 bits per heavy atom. The topological polar surface area (TPSA) is 71.2 Å². The van der Waals surface area contributed by atoms with Gasteiger partial charge in [-0.15, -0.1) is 0 Å². The van der Waals surface area contributed by atoms with Crippen molar-refractivity contribution in [3.63, 3.8) is 0 Å². The van der Waals surface area contributed by atoms with Crippen LogP contribution in [0.5, 0.6) is 5.75 Å². The zero-order chi connectivity index (χ0) is 19.2. The van der Waals surface area contributed by atoms with Crippen LogP contribution in [0.1, 0.15) is 41.7 Å². The molecule has 0 unspecified atom stereocenters. The van der Waals surface area contributed by atoms with Crippen LogP contribution in [-0.2, 0) is 4.79 Å². The predicted octanol–water partition coefficient (Wildman–Crippen LogP) is 3.81. The standard InChI is InChI=1S/C20H20ClFN2O3/c1-12-4-16(23-7-12)17(25)6-19-9-20(10-19,11-19)24-18(26)8-27-13-2-3-14(21)15(22)5-13/h2-5,7,23H,6,8-11H2,1H3,(H,24,26). The maximum atomic E-state index is 13.4. The summed E-state index contributed by atoms with van der Waals surface area (Å²) in [4.78, 5) is 27.5. The van der Waals surface area contributed by atoms with E-state index in [4.69, 9.17) is 16.3 Å². The van der Waals surface area contributed by atoms with Crippen LogP contribution in [0.3, 0.4) is 0 Å². The van der Waals surface area contributed by atoms with E-state index in [0.29, 0.717) is 12.1 Å². The third-order valence-corrected chi connectivity index (χ3v) is 5.78. The van der Waals surface area contributed by atoms with Gasteiger partial charge in [0, 0.05) is 24.2 Å². The average molecular weight is 391 g/mol. The molecule has 3 fully saturated rings. The first-order chi connectivity index (χ1) is 12.8. The number of amides is 1. The molecule has 0 radical (unpaired) electrons. The minimum atomic E-state index is -0.585. The molecule has 7 heteroatoms. The highest BCUT2D eigenvalue weighted by molar-refractivity contribution is 6.30. The van der Waals surface area contributed by atoms with Gasteiger partial charge in [0.15, 0.2) is 12.4 Å². The summed E-state index contributed by atoms with van der Waals surface area (Å²) in [6.07, 6.45) is 4.76. The first-order valence-electron chi connectivity index (χ1n) is 8.85. The Morgan fingerprint density at radius 1 is 1.30 bits per heavy atom. The SMILES string of the molecule is Cc1c[nH]c(C(=O)CC23CC(NC(=O)COc4ccc(Cl)c(F)c4)(C2)C3)c1. The Morgan fingerprint density at radius 2 is 2.04 bits per heavy atom. The van der Waals surface area contributed by atoms with Gasteiger partial charge in [-0.25, -0.2) is 4.39 Å². The van der Waals surface area contributed by atoms with E-state index >= 15 is 0 Å². The lowest BCUT2D eigenvalue weighted by molar-refractivity contribution is -0.164. The van der Waals surface area contributed by atoms with E-state index in [2.05, 4.69) is 10.3 Å². The molecule has 0 saturated heterocycles. The second-order valence-corrected chi connectivity index (χ2v) is 8.32. The third kappa shape index (κ3) is 3.46. The van der Waals surface area contributed by atoms with Gasteiger partial charge in [-0.1, -0.05) is 11.6 Å². The molecule has 1 aromatic heterocycles. The van der Waals surface area contributed by atoms with Gasteiger partial charge in [-0.2, -0.15) is 0 Å². The van der Waals surface area contributed by atoms with Crippen LogP contribution in [0.15, 0.2) is 30.5 Å². The van der Waals surface area contributed by atoms with Crippen molar-refractivity contribution >= 4 is 23.3 Å². The van der Waals surface area contributed by atoms with Crippen molar-refractivity contribution in [3.05, 3.63) is 52.6 Å².